The number of carbonyl (C=O) groups is 1. The summed E-state index contributed by atoms with van der Waals surface area (Å²) in [6, 6.07) is 6.36. The zero-order valence-electron chi connectivity index (χ0n) is 20.9. The molecule has 6 nitrogen and oxygen atoms in total. The summed E-state index contributed by atoms with van der Waals surface area (Å²) >= 11 is 0. The van der Waals surface area contributed by atoms with Crippen LogP contribution in [0.5, 0.6) is 5.75 Å². The molecular weight excluding hydrogens is 426 g/mol. The second-order valence-corrected chi connectivity index (χ2v) is 9.11. The number of hydrogen-bond donors (Lipinski definition) is 3. The summed E-state index contributed by atoms with van der Waals surface area (Å²) in [4.78, 5) is 17.5. The molecule has 1 aliphatic carbocycles. The van der Waals surface area contributed by atoms with Crippen molar-refractivity contribution < 1.29 is 14.7 Å². The fourth-order valence-electron chi connectivity index (χ4n) is 3.66. The fraction of sp³-hybridized carbons (Fsp3) is 0.357. The lowest BCUT2D eigenvalue weighted by Gasteiger charge is -2.33. The number of phenols is 1. The first-order valence-corrected chi connectivity index (χ1v) is 11.5. The Morgan fingerprint density at radius 1 is 1.21 bits per heavy atom. The standard InChI is InChI=1S/C28H37N3O3/c1-20(7-6-8-21(2)19-27(33)30-23-10-12-24(32)13-11-23)9-14-25-22(3)26(31-34-18-17-29)15-16-28(25,4)5/h6-14,19,32H,15-18,29H2,1-5H3,(H,30,33). The van der Waals surface area contributed by atoms with Gasteiger partial charge in [0.25, 0.3) is 0 Å². The van der Waals surface area contributed by atoms with Crippen LogP contribution in [0.25, 0.3) is 0 Å². The van der Waals surface area contributed by atoms with Gasteiger partial charge in [-0.15, -0.1) is 0 Å². The summed E-state index contributed by atoms with van der Waals surface area (Å²) in [6.07, 6.45) is 13.5. The van der Waals surface area contributed by atoms with Crippen LogP contribution in [0, 0.1) is 5.41 Å². The Labute approximate surface area is 203 Å². The Bertz CT molecular complexity index is 1040. The molecule has 0 saturated carbocycles. The number of carbonyl (C=O) groups excluding carboxylic acids is 1. The third kappa shape index (κ3) is 8.52. The molecule has 0 unspecified atom stereocenters. The number of allylic oxidation sites excluding steroid dienone is 9. The monoisotopic (exact) mass is 463 g/mol. The molecule has 1 aromatic carbocycles. The van der Waals surface area contributed by atoms with E-state index in [9.17, 15) is 9.90 Å². The van der Waals surface area contributed by atoms with Crippen molar-refractivity contribution in [2.75, 3.05) is 18.5 Å². The lowest BCUT2D eigenvalue weighted by molar-refractivity contribution is -0.111. The summed E-state index contributed by atoms with van der Waals surface area (Å²) in [5, 5.41) is 16.4. The van der Waals surface area contributed by atoms with Crippen LogP contribution in [0.2, 0.25) is 0 Å². The predicted molar refractivity (Wildman–Crippen MR) is 141 cm³/mol. The molecule has 1 aliphatic rings. The minimum Gasteiger partial charge on any atom is -0.508 e. The third-order valence-corrected chi connectivity index (χ3v) is 5.66. The van der Waals surface area contributed by atoms with Gasteiger partial charge in [0.1, 0.15) is 12.4 Å². The molecule has 0 spiro atoms. The van der Waals surface area contributed by atoms with Crippen molar-refractivity contribution in [2.45, 2.75) is 47.5 Å². The van der Waals surface area contributed by atoms with E-state index in [1.165, 1.54) is 23.8 Å². The highest BCUT2D eigenvalue weighted by Gasteiger charge is 2.30. The van der Waals surface area contributed by atoms with Gasteiger partial charge in [-0.1, -0.05) is 55.0 Å². The van der Waals surface area contributed by atoms with Gasteiger partial charge >= 0.3 is 0 Å². The molecule has 0 atom stereocenters. The molecule has 6 heteroatoms. The average Bonchev–Trinajstić information content (AvgIpc) is 2.76. The van der Waals surface area contributed by atoms with E-state index < -0.39 is 0 Å². The molecular formula is C28H37N3O3. The van der Waals surface area contributed by atoms with Crippen LogP contribution in [-0.4, -0.2) is 29.9 Å². The molecule has 0 aromatic heterocycles. The third-order valence-electron chi connectivity index (χ3n) is 5.66. The molecule has 1 aromatic rings. The Morgan fingerprint density at radius 3 is 2.59 bits per heavy atom. The maximum atomic E-state index is 12.1. The number of nitrogens with two attached hydrogens (primary N) is 1. The number of aromatic hydroxyl groups is 1. The number of hydrogen-bond acceptors (Lipinski definition) is 5. The average molecular weight is 464 g/mol. The van der Waals surface area contributed by atoms with Gasteiger partial charge < -0.3 is 21.0 Å². The molecule has 1 amide bonds. The van der Waals surface area contributed by atoms with Crippen molar-refractivity contribution in [3.8, 4) is 5.75 Å². The predicted octanol–water partition coefficient (Wildman–Crippen LogP) is 5.80. The quantitative estimate of drug-likeness (QED) is 0.142. The highest BCUT2D eigenvalue weighted by molar-refractivity contribution is 6.01. The number of amides is 1. The largest absolute Gasteiger partial charge is 0.508 e. The van der Waals surface area contributed by atoms with Gasteiger partial charge in [0.15, 0.2) is 0 Å². The lowest BCUT2D eigenvalue weighted by atomic mass is 9.72. The van der Waals surface area contributed by atoms with E-state index in [-0.39, 0.29) is 17.1 Å². The van der Waals surface area contributed by atoms with E-state index in [1.54, 1.807) is 12.1 Å². The topological polar surface area (TPSA) is 96.9 Å². The minimum absolute atomic E-state index is 0.0633. The molecule has 182 valence electrons. The van der Waals surface area contributed by atoms with Gasteiger partial charge in [0.05, 0.1) is 5.71 Å². The summed E-state index contributed by atoms with van der Waals surface area (Å²) < 4.78 is 0. The first kappa shape index (κ1) is 26.9. The Hall–Kier alpha value is -3.38. The number of benzene rings is 1. The van der Waals surface area contributed by atoms with Crippen molar-refractivity contribution in [1.82, 2.24) is 0 Å². The second-order valence-electron chi connectivity index (χ2n) is 9.11. The van der Waals surface area contributed by atoms with Crippen molar-refractivity contribution in [3.63, 3.8) is 0 Å². The molecule has 4 N–H and O–H groups in total. The zero-order valence-corrected chi connectivity index (χ0v) is 20.9. The van der Waals surface area contributed by atoms with E-state index in [4.69, 9.17) is 10.6 Å². The highest BCUT2D eigenvalue weighted by atomic mass is 16.6. The normalized spacial score (nSPS) is 18.2. The summed E-state index contributed by atoms with van der Waals surface area (Å²) in [7, 11) is 0. The molecule has 0 bridgehead atoms. The van der Waals surface area contributed by atoms with Crippen LogP contribution in [0.3, 0.4) is 0 Å². The highest BCUT2D eigenvalue weighted by Crippen LogP contribution is 2.40. The van der Waals surface area contributed by atoms with Crippen LogP contribution in [-0.2, 0) is 9.63 Å². The van der Waals surface area contributed by atoms with Crippen LogP contribution in [0.15, 0.2) is 88.2 Å². The fourth-order valence-corrected chi connectivity index (χ4v) is 3.66. The van der Waals surface area contributed by atoms with Crippen molar-refractivity contribution >= 4 is 17.3 Å². The number of nitrogens with one attached hydrogen (secondary N) is 1. The van der Waals surface area contributed by atoms with Gasteiger partial charge in [-0.05, 0) is 80.0 Å². The van der Waals surface area contributed by atoms with Crippen molar-refractivity contribution in [2.24, 2.45) is 16.3 Å². The van der Waals surface area contributed by atoms with Crippen molar-refractivity contribution in [1.29, 1.82) is 0 Å². The van der Waals surface area contributed by atoms with Crippen LogP contribution < -0.4 is 11.1 Å². The summed E-state index contributed by atoms with van der Waals surface area (Å²) in [5.41, 5.74) is 11.5. The Morgan fingerprint density at radius 2 is 1.91 bits per heavy atom. The summed E-state index contributed by atoms with van der Waals surface area (Å²) in [5.74, 6) is -0.0595. The number of anilines is 1. The van der Waals surface area contributed by atoms with E-state index in [0.29, 0.717) is 18.8 Å². The van der Waals surface area contributed by atoms with Gasteiger partial charge in [0.2, 0.25) is 5.91 Å². The van der Waals surface area contributed by atoms with Gasteiger partial charge in [0, 0.05) is 18.3 Å². The van der Waals surface area contributed by atoms with Crippen LogP contribution in [0.1, 0.15) is 47.5 Å². The van der Waals surface area contributed by atoms with Gasteiger partial charge in [-0.3, -0.25) is 4.79 Å². The number of oxime groups is 1. The first-order valence-electron chi connectivity index (χ1n) is 11.5. The number of nitrogens with zero attached hydrogens (tertiary/aromatic N) is 1. The zero-order chi connectivity index (χ0) is 25.1. The number of rotatable bonds is 9. The van der Waals surface area contributed by atoms with E-state index in [0.717, 1.165) is 35.3 Å². The molecule has 2 rings (SSSR count). The molecule has 0 heterocycles. The molecule has 0 saturated heterocycles. The number of phenolic OH excluding ortho intramolecular Hbond substituents is 1. The van der Waals surface area contributed by atoms with Crippen LogP contribution >= 0.6 is 0 Å². The SMILES string of the molecule is CC(C=CC1=C(C)C(=NOCCN)CCC1(C)C)=CC=CC(C)=CC(=O)Nc1ccc(O)cc1. The maximum Gasteiger partial charge on any atom is 0.248 e. The van der Waals surface area contributed by atoms with Gasteiger partial charge in [-0.25, -0.2) is 0 Å². The van der Waals surface area contributed by atoms with Crippen molar-refractivity contribution in [3.05, 3.63) is 83.0 Å². The maximum absolute atomic E-state index is 12.1. The van der Waals surface area contributed by atoms with E-state index in [1.807, 2.05) is 32.1 Å². The minimum atomic E-state index is -0.219. The van der Waals surface area contributed by atoms with Crippen LogP contribution in [0.4, 0.5) is 5.69 Å². The molecule has 0 fully saturated rings. The van der Waals surface area contributed by atoms with E-state index in [2.05, 4.69) is 43.4 Å². The van der Waals surface area contributed by atoms with E-state index >= 15 is 0 Å². The first-order chi connectivity index (χ1) is 16.1. The molecule has 34 heavy (non-hydrogen) atoms. The lowest BCUT2D eigenvalue weighted by Crippen LogP contribution is -2.24. The smallest absolute Gasteiger partial charge is 0.248 e. The second kappa shape index (κ2) is 12.8. The Kier molecular flexibility index (Phi) is 10.1. The van der Waals surface area contributed by atoms with Gasteiger partial charge in [-0.2, -0.15) is 0 Å². The Balaban J connectivity index is 2.04. The molecule has 0 radical (unpaired) electrons. The molecule has 0 aliphatic heterocycles. The summed E-state index contributed by atoms with van der Waals surface area (Å²) in [6.45, 7) is 11.4.